The number of carbonyl (C=O) groups is 1. The summed E-state index contributed by atoms with van der Waals surface area (Å²) >= 11 is 0. The molecule has 0 spiro atoms. The maximum Gasteiger partial charge on any atom is 0.126 e. The highest BCUT2D eigenvalue weighted by Crippen LogP contribution is 2.45. The summed E-state index contributed by atoms with van der Waals surface area (Å²) in [5.74, 6) is 1.73. The molecule has 0 aromatic heterocycles. The third-order valence-corrected chi connectivity index (χ3v) is 4.44. The van der Waals surface area contributed by atoms with Gasteiger partial charge in [0.05, 0.1) is 0 Å². The van der Waals surface area contributed by atoms with Crippen molar-refractivity contribution in [3.8, 4) is 0 Å². The first-order chi connectivity index (χ1) is 6.74. The fraction of sp³-hybridized carbons (Fsp3) is 0.923. The molecule has 0 aromatic rings. The van der Waals surface area contributed by atoms with Gasteiger partial charge in [0, 0.05) is 5.41 Å². The summed E-state index contributed by atoms with van der Waals surface area (Å²) in [6.45, 7) is 2.32. The molecule has 2 rings (SSSR count). The largest absolute Gasteiger partial charge is 0.303 e. The summed E-state index contributed by atoms with van der Waals surface area (Å²) in [6.07, 6.45) is 11.5. The lowest BCUT2D eigenvalue weighted by molar-refractivity contribution is -0.120. The third kappa shape index (κ3) is 2.02. The Morgan fingerprint density at radius 3 is 2.29 bits per heavy atom. The average Bonchev–Trinajstić information content (AvgIpc) is 2.15. The average molecular weight is 194 g/mol. The van der Waals surface area contributed by atoms with Gasteiger partial charge in [0.15, 0.2) is 0 Å². The van der Waals surface area contributed by atoms with Crippen molar-refractivity contribution >= 4 is 6.29 Å². The lowest BCUT2D eigenvalue weighted by Gasteiger charge is -2.40. The second-order valence-corrected chi connectivity index (χ2v) is 5.66. The normalized spacial score (nSPS) is 39.1. The first-order valence-electron chi connectivity index (χ1n) is 6.20. The number of hydrogen-bond donors (Lipinski definition) is 0. The maximum absolute atomic E-state index is 11.3. The molecular weight excluding hydrogens is 172 g/mol. The summed E-state index contributed by atoms with van der Waals surface area (Å²) in [7, 11) is 0. The molecule has 2 aliphatic rings. The van der Waals surface area contributed by atoms with Gasteiger partial charge < -0.3 is 4.79 Å². The van der Waals surface area contributed by atoms with Crippen molar-refractivity contribution in [3.05, 3.63) is 0 Å². The highest BCUT2D eigenvalue weighted by Gasteiger charge is 2.37. The second kappa shape index (κ2) is 4.04. The summed E-state index contributed by atoms with van der Waals surface area (Å²) in [5.41, 5.74) is 0.0948. The van der Waals surface area contributed by atoms with Crippen LogP contribution in [-0.4, -0.2) is 6.29 Å². The van der Waals surface area contributed by atoms with Crippen LogP contribution in [0, 0.1) is 17.3 Å². The van der Waals surface area contributed by atoms with E-state index >= 15 is 0 Å². The first-order valence-corrected chi connectivity index (χ1v) is 6.20. The van der Waals surface area contributed by atoms with Crippen molar-refractivity contribution in [2.24, 2.45) is 17.3 Å². The number of hydrogen-bond acceptors (Lipinski definition) is 1. The lowest BCUT2D eigenvalue weighted by Crippen LogP contribution is -2.32. The van der Waals surface area contributed by atoms with Crippen LogP contribution in [0.2, 0.25) is 0 Å². The van der Waals surface area contributed by atoms with Gasteiger partial charge in [-0.25, -0.2) is 0 Å². The Hall–Kier alpha value is -0.330. The summed E-state index contributed by atoms with van der Waals surface area (Å²) < 4.78 is 0. The van der Waals surface area contributed by atoms with Gasteiger partial charge in [0.2, 0.25) is 0 Å². The quantitative estimate of drug-likeness (QED) is 0.628. The van der Waals surface area contributed by atoms with E-state index in [4.69, 9.17) is 0 Å². The Morgan fingerprint density at radius 1 is 1.21 bits per heavy atom. The molecule has 1 heteroatoms. The molecule has 0 aromatic carbocycles. The Kier molecular flexibility index (Phi) is 2.94. The molecule has 0 aliphatic heterocycles. The zero-order valence-electron chi connectivity index (χ0n) is 9.30. The van der Waals surface area contributed by atoms with Gasteiger partial charge in [-0.15, -0.1) is 0 Å². The van der Waals surface area contributed by atoms with Crippen LogP contribution in [0.25, 0.3) is 0 Å². The van der Waals surface area contributed by atoms with Gasteiger partial charge in [-0.05, 0) is 43.9 Å². The van der Waals surface area contributed by atoms with Gasteiger partial charge in [-0.3, -0.25) is 0 Å². The van der Waals surface area contributed by atoms with Crippen LogP contribution in [-0.2, 0) is 4.79 Å². The van der Waals surface area contributed by atoms with E-state index in [9.17, 15) is 4.79 Å². The van der Waals surface area contributed by atoms with Gasteiger partial charge in [-0.1, -0.05) is 26.2 Å². The Morgan fingerprint density at radius 2 is 1.86 bits per heavy atom. The van der Waals surface area contributed by atoms with E-state index in [-0.39, 0.29) is 5.41 Å². The Balaban J connectivity index is 1.91. The zero-order valence-corrected chi connectivity index (χ0v) is 9.30. The van der Waals surface area contributed by atoms with Crippen molar-refractivity contribution in [2.45, 2.75) is 58.3 Å². The van der Waals surface area contributed by atoms with Gasteiger partial charge in [-0.2, -0.15) is 0 Å². The summed E-state index contributed by atoms with van der Waals surface area (Å²) in [5, 5.41) is 0. The fourth-order valence-electron chi connectivity index (χ4n) is 2.98. The van der Waals surface area contributed by atoms with E-state index in [2.05, 4.69) is 6.92 Å². The van der Waals surface area contributed by atoms with Crippen LogP contribution in [0.1, 0.15) is 58.3 Å². The van der Waals surface area contributed by atoms with E-state index in [1.807, 2.05) is 0 Å². The number of rotatable bonds is 3. The van der Waals surface area contributed by atoms with Gasteiger partial charge in [0.25, 0.3) is 0 Å². The molecule has 0 radical (unpaired) electrons. The second-order valence-electron chi connectivity index (χ2n) is 5.66. The van der Waals surface area contributed by atoms with Crippen LogP contribution < -0.4 is 0 Å². The molecule has 2 fully saturated rings. The predicted octanol–water partition coefficient (Wildman–Crippen LogP) is 3.57. The monoisotopic (exact) mass is 194 g/mol. The molecule has 0 saturated heterocycles. The summed E-state index contributed by atoms with van der Waals surface area (Å²) in [6, 6.07) is 0. The van der Waals surface area contributed by atoms with Crippen LogP contribution >= 0.6 is 0 Å². The van der Waals surface area contributed by atoms with E-state index in [0.29, 0.717) is 0 Å². The molecule has 2 saturated carbocycles. The topological polar surface area (TPSA) is 17.1 Å². The molecule has 1 nitrogen and oxygen atoms in total. The molecule has 14 heavy (non-hydrogen) atoms. The van der Waals surface area contributed by atoms with E-state index < -0.39 is 0 Å². The predicted molar refractivity (Wildman–Crippen MR) is 58.1 cm³/mol. The minimum Gasteiger partial charge on any atom is -0.303 e. The minimum absolute atomic E-state index is 0.0948. The van der Waals surface area contributed by atoms with Crippen LogP contribution in [0.5, 0.6) is 0 Å². The highest BCUT2D eigenvalue weighted by atomic mass is 16.1. The Labute approximate surface area is 87.3 Å². The smallest absolute Gasteiger partial charge is 0.126 e. The van der Waals surface area contributed by atoms with Crippen LogP contribution in [0.3, 0.4) is 0 Å². The number of carbonyl (C=O) groups excluding carboxylic acids is 1. The molecule has 80 valence electrons. The molecule has 0 bridgehead atoms. The lowest BCUT2D eigenvalue weighted by atomic mass is 9.64. The molecule has 0 amide bonds. The molecule has 2 aliphatic carbocycles. The van der Waals surface area contributed by atoms with E-state index in [0.717, 1.165) is 24.7 Å². The van der Waals surface area contributed by atoms with Crippen molar-refractivity contribution in [3.63, 3.8) is 0 Å². The van der Waals surface area contributed by atoms with Gasteiger partial charge in [0.1, 0.15) is 6.29 Å². The van der Waals surface area contributed by atoms with Crippen molar-refractivity contribution in [1.29, 1.82) is 0 Å². The maximum atomic E-state index is 11.3. The summed E-state index contributed by atoms with van der Waals surface area (Å²) in [4.78, 5) is 11.3. The third-order valence-electron chi connectivity index (χ3n) is 4.44. The molecular formula is C13H22O. The zero-order chi connectivity index (χ0) is 10.0. The van der Waals surface area contributed by atoms with Gasteiger partial charge >= 0.3 is 0 Å². The fourth-order valence-corrected chi connectivity index (χ4v) is 2.98. The molecule has 0 heterocycles. The van der Waals surface area contributed by atoms with E-state index in [1.54, 1.807) is 0 Å². The highest BCUT2D eigenvalue weighted by molar-refractivity contribution is 5.59. The van der Waals surface area contributed by atoms with E-state index in [1.165, 1.54) is 44.8 Å². The molecule has 0 unspecified atom stereocenters. The van der Waals surface area contributed by atoms with Crippen LogP contribution in [0.15, 0.2) is 0 Å². The first kappa shape index (κ1) is 10.2. The Bertz CT molecular complexity index is 197. The van der Waals surface area contributed by atoms with Crippen molar-refractivity contribution in [2.75, 3.05) is 0 Å². The SMILES string of the molecule is CC1CCC(C=O)(CC2CCC2)CC1. The van der Waals surface area contributed by atoms with Crippen LogP contribution in [0.4, 0.5) is 0 Å². The van der Waals surface area contributed by atoms with Crippen molar-refractivity contribution < 1.29 is 4.79 Å². The van der Waals surface area contributed by atoms with Crippen molar-refractivity contribution in [1.82, 2.24) is 0 Å². The molecule has 0 N–H and O–H groups in total. The standard InChI is InChI=1S/C13H22O/c1-11-5-7-13(10-14,8-6-11)9-12-3-2-4-12/h10-12H,2-9H2,1H3. The minimum atomic E-state index is 0.0948. The number of aldehydes is 1. The molecule has 0 atom stereocenters.